The average molecular weight is 311 g/mol. The predicted octanol–water partition coefficient (Wildman–Crippen LogP) is 2.68. The Kier molecular flexibility index (Phi) is 4.03. The second kappa shape index (κ2) is 5.99. The number of carbonyl (C=O) groups is 1. The van der Waals surface area contributed by atoms with Gasteiger partial charge in [0.25, 0.3) is 5.91 Å². The summed E-state index contributed by atoms with van der Waals surface area (Å²) in [5.41, 5.74) is 1.20. The van der Waals surface area contributed by atoms with Gasteiger partial charge in [-0.25, -0.2) is 9.97 Å². The minimum absolute atomic E-state index is 0.0196. The molecule has 0 bridgehead atoms. The molecule has 1 aromatic carbocycles. The van der Waals surface area contributed by atoms with Crippen LogP contribution in [-0.2, 0) is 5.41 Å². The van der Waals surface area contributed by atoms with E-state index in [1.807, 2.05) is 18.2 Å². The molecule has 0 radical (unpaired) electrons. The van der Waals surface area contributed by atoms with Crippen LogP contribution in [0.15, 0.2) is 42.7 Å². The maximum absolute atomic E-state index is 12.2. The van der Waals surface area contributed by atoms with E-state index >= 15 is 0 Å². The Morgan fingerprint density at radius 1 is 1.13 bits per heavy atom. The van der Waals surface area contributed by atoms with Crippen molar-refractivity contribution in [3.63, 3.8) is 0 Å². The maximum atomic E-state index is 12.2. The lowest BCUT2D eigenvalue weighted by molar-refractivity contribution is 0.0162. The molecular formula is C18H21N3O2. The minimum atomic E-state index is -0.144. The van der Waals surface area contributed by atoms with Crippen molar-refractivity contribution in [3.8, 4) is 5.75 Å². The molecule has 1 aliphatic rings. The van der Waals surface area contributed by atoms with Crippen molar-refractivity contribution >= 4 is 5.91 Å². The highest BCUT2D eigenvalue weighted by Crippen LogP contribution is 2.32. The molecule has 1 saturated heterocycles. The van der Waals surface area contributed by atoms with Crippen LogP contribution in [0.5, 0.6) is 5.75 Å². The topological polar surface area (TPSA) is 55.3 Å². The number of amides is 1. The molecule has 5 nitrogen and oxygen atoms in total. The summed E-state index contributed by atoms with van der Waals surface area (Å²) in [7, 11) is 0. The van der Waals surface area contributed by atoms with Crippen LogP contribution in [0.2, 0.25) is 0 Å². The Bertz CT molecular complexity index is 689. The Labute approximate surface area is 136 Å². The lowest BCUT2D eigenvalue weighted by Crippen LogP contribution is -2.56. The van der Waals surface area contributed by atoms with Crippen LogP contribution >= 0.6 is 0 Å². The summed E-state index contributed by atoms with van der Waals surface area (Å²) in [4.78, 5) is 21.9. The van der Waals surface area contributed by atoms with Gasteiger partial charge in [-0.15, -0.1) is 0 Å². The fourth-order valence-electron chi connectivity index (χ4n) is 2.60. The molecule has 23 heavy (non-hydrogen) atoms. The van der Waals surface area contributed by atoms with Gasteiger partial charge in [-0.3, -0.25) is 4.79 Å². The largest absolute Gasteiger partial charge is 0.486 e. The fourth-order valence-corrected chi connectivity index (χ4v) is 2.60. The predicted molar refractivity (Wildman–Crippen MR) is 87.5 cm³/mol. The summed E-state index contributed by atoms with van der Waals surface area (Å²) < 4.78 is 6.09. The van der Waals surface area contributed by atoms with Crippen molar-refractivity contribution in [2.45, 2.75) is 32.3 Å². The molecule has 2 heterocycles. The first-order valence-corrected chi connectivity index (χ1v) is 7.77. The van der Waals surface area contributed by atoms with Gasteiger partial charge in [0.05, 0.1) is 13.1 Å². The van der Waals surface area contributed by atoms with Crippen molar-refractivity contribution in [2.75, 3.05) is 13.1 Å². The molecule has 0 N–H and O–H groups in total. The fraction of sp³-hybridized carbons (Fsp3) is 0.389. The third-order valence-corrected chi connectivity index (χ3v) is 3.88. The van der Waals surface area contributed by atoms with E-state index in [1.54, 1.807) is 23.4 Å². The van der Waals surface area contributed by atoms with Crippen LogP contribution in [0.3, 0.4) is 0 Å². The Morgan fingerprint density at radius 2 is 1.78 bits per heavy atom. The first-order valence-electron chi connectivity index (χ1n) is 7.77. The van der Waals surface area contributed by atoms with Crippen molar-refractivity contribution in [2.24, 2.45) is 0 Å². The number of likely N-dealkylation sites (tertiary alicyclic amines) is 1. The number of aromatic nitrogens is 2. The zero-order chi connectivity index (χ0) is 16.4. The normalized spacial score (nSPS) is 15.2. The number of benzene rings is 1. The highest BCUT2D eigenvalue weighted by Gasteiger charge is 2.34. The summed E-state index contributed by atoms with van der Waals surface area (Å²) in [6.45, 7) is 7.63. The molecule has 5 heteroatoms. The molecule has 0 atom stereocenters. The molecule has 0 unspecified atom stereocenters. The quantitative estimate of drug-likeness (QED) is 0.874. The van der Waals surface area contributed by atoms with Gasteiger partial charge in [0.15, 0.2) is 0 Å². The van der Waals surface area contributed by atoms with Crippen LogP contribution in [0.4, 0.5) is 0 Å². The number of carbonyl (C=O) groups excluding carboxylic acids is 1. The number of hydrogen-bond donors (Lipinski definition) is 0. The molecule has 1 aromatic heterocycles. The standard InChI is InChI=1S/C18H21N3O2/c1-18(2,3)14-7-4-5-8-15(14)23-13-11-21(12-13)17(22)16-19-9-6-10-20-16/h4-10,13H,11-12H2,1-3H3. The molecule has 1 aliphatic heterocycles. The minimum Gasteiger partial charge on any atom is -0.486 e. The Balaban J connectivity index is 1.62. The molecule has 1 fully saturated rings. The van der Waals surface area contributed by atoms with Gasteiger partial charge in [-0.05, 0) is 23.1 Å². The number of rotatable bonds is 3. The van der Waals surface area contributed by atoms with Crippen molar-refractivity contribution in [3.05, 3.63) is 54.1 Å². The summed E-state index contributed by atoms with van der Waals surface area (Å²) in [5.74, 6) is 0.989. The van der Waals surface area contributed by atoms with Gasteiger partial charge in [0, 0.05) is 12.4 Å². The lowest BCUT2D eigenvalue weighted by Gasteiger charge is -2.39. The van der Waals surface area contributed by atoms with E-state index in [-0.39, 0.29) is 23.3 Å². The van der Waals surface area contributed by atoms with E-state index in [2.05, 4.69) is 36.8 Å². The van der Waals surface area contributed by atoms with Gasteiger partial charge in [0.2, 0.25) is 5.82 Å². The van der Waals surface area contributed by atoms with E-state index in [4.69, 9.17) is 4.74 Å². The number of hydrogen-bond acceptors (Lipinski definition) is 4. The maximum Gasteiger partial charge on any atom is 0.291 e. The molecule has 120 valence electrons. The third-order valence-electron chi connectivity index (χ3n) is 3.88. The van der Waals surface area contributed by atoms with Gasteiger partial charge >= 0.3 is 0 Å². The third kappa shape index (κ3) is 3.33. The smallest absolute Gasteiger partial charge is 0.291 e. The molecule has 3 rings (SSSR count). The van der Waals surface area contributed by atoms with Crippen molar-refractivity contribution < 1.29 is 9.53 Å². The molecular weight excluding hydrogens is 290 g/mol. The summed E-state index contributed by atoms with van der Waals surface area (Å²) in [5, 5.41) is 0. The summed E-state index contributed by atoms with van der Waals surface area (Å²) >= 11 is 0. The van der Waals surface area contributed by atoms with Gasteiger partial charge in [0.1, 0.15) is 11.9 Å². The highest BCUT2D eigenvalue weighted by atomic mass is 16.5. The number of ether oxygens (including phenoxy) is 1. The second-order valence-corrected chi connectivity index (χ2v) is 6.77. The number of nitrogens with zero attached hydrogens (tertiary/aromatic N) is 3. The zero-order valence-corrected chi connectivity index (χ0v) is 13.7. The lowest BCUT2D eigenvalue weighted by atomic mass is 9.86. The summed E-state index contributed by atoms with van der Waals surface area (Å²) in [6.07, 6.45) is 3.17. The van der Waals surface area contributed by atoms with Crippen LogP contribution in [0.25, 0.3) is 0 Å². The molecule has 2 aromatic rings. The van der Waals surface area contributed by atoms with Gasteiger partial charge in [-0.1, -0.05) is 39.0 Å². The molecule has 1 amide bonds. The van der Waals surface area contributed by atoms with Crippen LogP contribution < -0.4 is 4.74 Å². The number of para-hydroxylation sites is 1. The van der Waals surface area contributed by atoms with E-state index in [9.17, 15) is 4.79 Å². The molecule has 0 saturated carbocycles. The van der Waals surface area contributed by atoms with Gasteiger partial charge in [-0.2, -0.15) is 0 Å². The van der Waals surface area contributed by atoms with E-state index in [0.29, 0.717) is 13.1 Å². The van der Waals surface area contributed by atoms with E-state index in [0.717, 1.165) is 5.75 Å². The van der Waals surface area contributed by atoms with Crippen LogP contribution in [0.1, 0.15) is 37.0 Å². The highest BCUT2D eigenvalue weighted by molar-refractivity contribution is 5.91. The van der Waals surface area contributed by atoms with Crippen molar-refractivity contribution in [1.29, 1.82) is 0 Å². The zero-order valence-electron chi connectivity index (χ0n) is 13.7. The Morgan fingerprint density at radius 3 is 2.43 bits per heavy atom. The molecule has 0 spiro atoms. The van der Waals surface area contributed by atoms with E-state index < -0.39 is 0 Å². The monoisotopic (exact) mass is 311 g/mol. The first kappa shape index (κ1) is 15.5. The van der Waals surface area contributed by atoms with Crippen molar-refractivity contribution in [1.82, 2.24) is 14.9 Å². The summed E-state index contributed by atoms with van der Waals surface area (Å²) in [6, 6.07) is 9.78. The second-order valence-electron chi connectivity index (χ2n) is 6.77. The first-order chi connectivity index (χ1) is 10.9. The van der Waals surface area contributed by atoms with E-state index in [1.165, 1.54) is 5.56 Å². The van der Waals surface area contributed by atoms with Gasteiger partial charge < -0.3 is 9.64 Å². The Hall–Kier alpha value is -2.43. The van der Waals surface area contributed by atoms with Crippen LogP contribution in [-0.4, -0.2) is 40.0 Å². The SMILES string of the molecule is CC(C)(C)c1ccccc1OC1CN(C(=O)c2ncccn2)C1. The molecule has 0 aliphatic carbocycles. The average Bonchev–Trinajstić information content (AvgIpc) is 2.50. The van der Waals surface area contributed by atoms with Crippen LogP contribution in [0, 0.1) is 0 Å².